The molecule has 0 N–H and O–H groups in total. The Morgan fingerprint density at radius 2 is 1.09 bits per heavy atom. The molecule has 0 amide bonds. The van der Waals surface area contributed by atoms with Crippen LogP contribution < -0.4 is 4.90 Å². The van der Waals surface area contributed by atoms with Crippen molar-refractivity contribution in [2.24, 2.45) is 0 Å². The summed E-state index contributed by atoms with van der Waals surface area (Å²) in [6.45, 7) is 15.2. The topological polar surface area (TPSA) is 69.4 Å². The lowest BCUT2D eigenvalue weighted by atomic mass is 9.73. The van der Waals surface area contributed by atoms with E-state index in [0.717, 1.165) is 59.1 Å². The summed E-state index contributed by atoms with van der Waals surface area (Å²) < 4.78 is 4.46. The van der Waals surface area contributed by atoms with Crippen molar-refractivity contribution in [1.29, 1.82) is 5.26 Å². The van der Waals surface area contributed by atoms with Gasteiger partial charge in [-0.25, -0.2) is 5.87 Å². The van der Waals surface area contributed by atoms with Crippen molar-refractivity contribution in [3.63, 3.8) is 0 Å². The Kier molecular flexibility index (Phi) is 23.3. The van der Waals surface area contributed by atoms with E-state index in [1.54, 1.807) is 0 Å². The van der Waals surface area contributed by atoms with Gasteiger partial charge in [-0.2, -0.15) is 9.84 Å². The molecule has 370 valence electrons. The van der Waals surface area contributed by atoms with E-state index in [9.17, 15) is 15.5 Å². The van der Waals surface area contributed by atoms with Crippen LogP contribution in [-0.4, -0.2) is 35.0 Å². The average molecular weight is 1050 g/mol. The van der Waals surface area contributed by atoms with E-state index in [1.807, 2.05) is 12.2 Å². The number of carbonyl (C=O) groups is 1. The predicted molar refractivity (Wildman–Crippen MR) is 298 cm³/mol. The van der Waals surface area contributed by atoms with E-state index in [-0.39, 0.29) is 11.4 Å². The molecule has 0 saturated heterocycles. The molecule has 2 aliphatic heterocycles. The van der Waals surface area contributed by atoms with Gasteiger partial charge in [-0.1, -0.05) is 220 Å². The molecule has 68 heavy (non-hydrogen) atoms. The maximum absolute atomic E-state index is 14.7. The highest BCUT2D eigenvalue weighted by Crippen LogP contribution is 2.51. The number of nitriles is 1. The largest absolute Gasteiger partial charge is 0.762 e. The number of unbranched alkanes of at least 4 members (excludes halogenated alkanes) is 26. The molecule has 5 nitrogen and oxygen atoms in total. The van der Waals surface area contributed by atoms with Gasteiger partial charge in [-0.3, -0.25) is 4.79 Å². The van der Waals surface area contributed by atoms with Gasteiger partial charge in [0.1, 0.15) is 12.6 Å². The number of anilines is 1. The van der Waals surface area contributed by atoms with Crippen LogP contribution in [0, 0.1) is 11.3 Å². The zero-order valence-corrected chi connectivity index (χ0v) is 46.5. The summed E-state index contributed by atoms with van der Waals surface area (Å²) in [6, 6.07) is 15.2. The van der Waals surface area contributed by atoms with Crippen LogP contribution in [0.3, 0.4) is 0 Å². The van der Waals surface area contributed by atoms with Gasteiger partial charge in [0.05, 0.1) is 11.0 Å². The molecule has 0 radical (unpaired) electrons. The lowest BCUT2D eigenvalue weighted by molar-refractivity contribution is -0.438. The third-order valence-corrected chi connectivity index (χ3v) is 16.2. The van der Waals surface area contributed by atoms with Crippen molar-refractivity contribution in [2.45, 2.75) is 232 Å². The lowest BCUT2D eigenvalue weighted by Gasteiger charge is -2.30. The van der Waals surface area contributed by atoms with Crippen molar-refractivity contribution < 1.29 is 9.37 Å². The van der Waals surface area contributed by atoms with Gasteiger partial charge >= 0.3 is 0 Å². The molecule has 0 saturated carbocycles. The van der Waals surface area contributed by atoms with Crippen LogP contribution in [0.15, 0.2) is 85.5 Å². The standard InChI is InChI=1S/C61H86Br2N4O/c1-7-9-11-13-15-17-19-21-23-25-27-29-31-33-39-66-54-37-35-48(62)41-52(54)60(3,4)56(66)43-50-58(47(45-64)46-65)51(59(50)68)44-57-61(5,6)53-42-49(63)36-38-55(53)67(57)40-34-32-30-28-26-24-22-20-18-16-14-12-10-8-2/h35-38,41-44H,7-34,39-40H2,1-6H3. The monoisotopic (exact) mass is 1050 g/mol. The number of Topliss-reactive ketones (excluding diaryl/α,β-unsaturated/α-hetero) is 1. The molecule has 0 bridgehead atoms. The lowest BCUT2D eigenvalue weighted by Crippen LogP contribution is -2.32. The van der Waals surface area contributed by atoms with Crippen LogP contribution in [0.1, 0.15) is 232 Å². The SMILES string of the molecule is CCCCCCCCCCCCCCCCN1/C(=C/C2=C(C(=C=[N-])C#N)C(=C/C3=[N+](CCCCCCCCCCCCCCCC)c4ccc(Br)cc4C3(C)C)/C2=O)C(C)(C)c2cc(Br)ccc21. The molecule has 1 aliphatic carbocycles. The van der Waals surface area contributed by atoms with Crippen molar-refractivity contribution in [3.05, 3.63) is 102 Å². The number of carbonyl (C=O) groups excluding carboxylic acids is 1. The minimum atomic E-state index is -0.395. The first-order valence-corrected chi connectivity index (χ1v) is 28.9. The Morgan fingerprint density at radius 1 is 0.632 bits per heavy atom. The first-order valence-electron chi connectivity index (χ1n) is 27.4. The summed E-state index contributed by atoms with van der Waals surface area (Å²) in [5.41, 5.74) is 7.45. The Labute approximate surface area is 430 Å². The fourth-order valence-electron chi connectivity index (χ4n) is 11.0. The maximum atomic E-state index is 14.7. The molecule has 0 atom stereocenters. The minimum Gasteiger partial charge on any atom is -0.762 e. The zero-order valence-electron chi connectivity index (χ0n) is 43.3. The molecule has 2 aromatic rings. The summed E-state index contributed by atoms with van der Waals surface area (Å²) >= 11 is 7.48. The summed E-state index contributed by atoms with van der Waals surface area (Å²) in [7, 11) is 0. The molecule has 0 unspecified atom stereocenters. The van der Waals surface area contributed by atoms with Gasteiger partial charge in [0, 0.05) is 73.1 Å². The number of rotatable bonds is 33. The number of allylic oxidation sites excluding steroid dienone is 7. The molecular formula is C61H86Br2N4O. The quantitative estimate of drug-likeness (QED) is 0.0235. The fourth-order valence-corrected chi connectivity index (χ4v) is 11.8. The number of nitrogens with zero attached hydrogens (tertiary/aromatic N) is 4. The van der Waals surface area contributed by atoms with Gasteiger partial charge < -0.3 is 10.3 Å². The second kappa shape index (κ2) is 28.5. The van der Waals surface area contributed by atoms with E-state index in [1.165, 1.54) is 177 Å². The number of halogens is 2. The van der Waals surface area contributed by atoms with E-state index in [4.69, 9.17) is 0 Å². The highest BCUT2D eigenvalue weighted by atomic mass is 79.9. The van der Waals surface area contributed by atoms with Crippen LogP contribution in [-0.2, 0) is 15.6 Å². The maximum Gasteiger partial charge on any atom is 0.209 e. The highest BCUT2D eigenvalue weighted by molar-refractivity contribution is 9.10. The predicted octanol–water partition coefficient (Wildman–Crippen LogP) is 18.7. The molecule has 5 rings (SSSR count). The van der Waals surface area contributed by atoms with Gasteiger partial charge in [-0.15, -0.1) is 0 Å². The molecule has 0 fully saturated rings. The van der Waals surface area contributed by atoms with Crippen molar-refractivity contribution in [1.82, 2.24) is 0 Å². The average Bonchev–Trinajstić information content (AvgIpc) is 3.66. The van der Waals surface area contributed by atoms with Crippen LogP contribution in [0.25, 0.3) is 5.41 Å². The molecule has 3 aliphatic rings. The van der Waals surface area contributed by atoms with E-state index >= 15 is 0 Å². The van der Waals surface area contributed by atoms with Crippen LogP contribution in [0.5, 0.6) is 0 Å². The Hall–Kier alpha value is -3.30. The molecule has 2 aromatic carbocycles. The number of hydrogen-bond acceptors (Lipinski definition) is 3. The zero-order chi connectivity index (χ0) is 48.9. The number of benzene rings is 2. The van der Waals surface area contributed by atoms with Gasteiger partial charge in [-0.05, 0) is 68.7 Å². The third kappa shape index (κ3) is 14.9. The van der Waals surface area contributed by atoms with Crippen LogP contribution >= 0.6 is 31.9 Å². The Bertz CT molecular complexity index is 2210. The number of fused-ring (bicyclic) bond motifs is 2. The van der Waals surface area contributed by atoms with Crippen molar-refractivity contribution in [2.75, 3.05) is 18.0 Å². The second-order valence-electron chi connectivity index (χ2n) is 21.3. The number of hydrogen-bond donors (Lipinski definition) is 0. The second-order valence-corrected chi connectivity index (χ2v) is 23.1. The molecule has 7 heteroatoms. The van der Waals surface area contributed by atoms with Gasteiger partial charge in [0.15, 0.2) is 11.5 Å². The highest BCUT2D eigenvalue weighted by Gasteiger charge is 2.47. The van der Waals surface area contributed by atoms with Gasteiger partial charge in [0.2, 0.25) is 5.69 Å². The first kappa shape index (κ1) is 55.6. The fraction of sp³-hybridized carbons (Fsp3) is 0.623. The Morgan fingerprint density at radius 3 is 1.57 bits per heavy atom. The summed E-state index contributed by atoms with van der Waals surface area (Å²) in [6.07, 6.45) is 40.9. The van der Waals surface area contributed by atoms with Gasteiger partial charge in [0.25, 0.3) is 0 Å². The molecule has 0 spiro atoms. The summed E-state index contributed by atoms with van der Waals surface area (Å²) in [5, 5.41) is 20.8. The first-order chi connectivity index (χ1) is 32.9. The summed E-state index contributed by atoms with van der Waals surface area (Å²) in [4.78, 5) is 17.1. The minimum absolute atomic E-state index is 0.00697. The smallest absolute Gasteiger partial charge is 0.209 e. The van der Waals surface area contributed by atoms with Crippen LogP contribution in [0.2, 0.25) is 0 Å². The van der Waals surface area contributed by atoms with Crippen LogP contribution in [0.4, 0.5) is 11.4 Å². The van der Waals surface area contributed by atoms with Crippen molar-refractivity contribution in [3.8, 4) is 6.07 Å². The van der Waals surface area contributed by atoms with E-state index in [0.29, 0.717) is 16.7 Å². The number of ketones is 1. The molecular weight excluding hydrogens is 965 g/mol. The van der Waals surface area contributed by atoms with Crippen molar-refractivity contribution >= 4 is 60.6 Å². The molecule has 2 heterocycles. The molecule has 0 aromatic heterocycles. The van der Waals surface area contributed by atoms with E-state index in [2.05, 4.69) is 131 Å². The Balaban J connectivity index is 1.31. The van der Waals surface area contributed by atoms with E-state index < -0.39 is 10.8 Å². The normalized spacial score (nSPS) is 17.0. The third-order valence-electron chi connectivity index (χ3n) is 15.2. The summed E-state index contributed by atoms with van der Waals surface area (Å²) in [5.74, 6) is 2.09.